The van der Waals surface area contributed by atoms with E-state index in [0.29, 0.717) is 6.42 Å². The van der Waals surface area contributed by atoms with Gasteiger partial charge in [0.15, 0.2) is 11.6 Å². The van der Waals surface area contributed by atoms with Gasteiger partial charge in [-0.25, -0.2) is 0 Å². The first-order valence-electron chi connectivity index (χ1n) is 14.4. The number of allylic oxidation sites excluding steroid dienone is 2. The van der Waals surface area contributed by atoms with Crippen molar-refractivity contribution in [2.45, 2.75) is 92.9 Å². The molecule has 0 aromatic rings. The van der Waals surface area contributed by atoms with Gasteiger partial charge in [-0.05, 0) is 97.9 Å². The summed E-state index contributed by atoms with van der Waals surface area (Å²) in [5.74, 6) is -1.47. The molecule has 0 saturated heterocycles. The van der Waals surface area contributed by atoms with Crippen molar-refractivity contribution in [3.63, 3.8) is 0 Å². The number of nitrogens with zero attached hydrogens (tertiary/aromatic N) is 1. The molecule has 6 heteroatoms. The summed E-state index contributed by atoms with van der Waals surface area (Å²) in [6, 6.07) is 2.24. The second-order valence-electron chi connectivity index (χ2n) is 15.0. The van der Waals surface area contributed by atoms with Gasteiger partial charge in [0.1, 0.15) is 5.92 Å². The summed E-state index contributed by atoms with van der Waals surface area (Å²) in [5.41, 5.74) is -1.69. The average Bonchev–Trinajstić information content (AvgIpc) is 2.86. The lowest BCUT2D eigenvalue weighted by atomic mass is 9.33. The van der Waals surface area contributed by atoms with Crippen LogP contribution in [0.3, 0.4) is 0 Å². The van der Waals surface area contributed by atoms with E-state index in [4.69, 9.17) is 10.1 Å². The number of methoxy groups -OCH3 is 1. The maximum atomic E-state index is 14.4. The van der Waals surface area contributed by atoms with Crippen molar-refractivity contribution in [3.8, 4) is 6.07 Å². The standard InChI is InChI=1S/C32H44N2O4/c1-27(2)10-12-32(26(37)38-7)13-11-31(6)24(20(32)16-27)21(35)14-23-28(3)15-19(17-33)25(36)29(4,18-34)22(28)8-9-30(23,31)5/h14,18-20,22,24,34H,8-13,15-16H2,1-7H3/t19?,20-,22?,24-,28-,29-,30+,31+,32-/m0/s1. The third-order valence-corrected chi connectivity index (χ3v) is 12.9. The van der Waals surface area contributed by atoms with Gasteiger partial charge in [-0.2, -0.15) is 5.26 Å². The molecule has 5 aliphatic carbocycles. The normalized spacial score (nSPS) is 49.3. The molecular formula is C32H44N2O4. The summed E-state index contributed by atoms with van der Waals surface area (Å²) in [7, 11) is 1.47. The number of ketones is 2. The summed E-state index contributed by atoms with van der Waals surface area (Å²) in [4.78, 5) is 41.1. The fraction of sp³-hybridized carbons (Fsp3) is 0.781. The zero-order valence-electron chi connectivity index (χ0n) is 24.2. The van der Waals surface area contributed by atoms with Gasteiger partial charge in [0, 0.05) is 12.1 Å². The van der Waals surface area contributed by atoms with E-state index in [-0.39, 0.29) is 51.5 Å². The van der Waals surface area contributed by atoms with E-state index < -0.39 is 22.2 Å². The molecule has 5 aliphatic rings. The van der Waals surface area contributed by atoms with Crippen molar-refractivity contribution in [2.75, 3.05) is 7.11 Å². The quantitative estimate of drug-likeness (QED) is 0.350. The van der Waals surface area contributed by atoms with Crippen molar-refractivity contribution in [3.05, 3.63) is 11.6 Å². The fourth-order valence-corrected chi connectivity index (χ4v) is 10.6. The smallest absolute Gasteiger partial charge is 0.312 e. The number of ether oxygens (including phenoxy) is 1. The zero-order chi connectivity index (χ0) is 28.1. The van der Waals surface area contributed by atoms with Crippen LogP contribution in [-0.4, -0.2) is 30.9 Å². The molecule has 0 radical (unpaired) electrons. The number of rotatable bonds is 2. The maximum absolute atomic E-state index is 14.4. The number of Topliss-reactive ketones (excluding diaryl/α,β-unsaturated/α-hetero) is 1. The summed E-state index contributed by atoms with van der Waals surface area (Å²) in [6.07, 6.45) is 9.15. The molecule has 0 aliphatic heterocycles. The fourth-order valence-electron chi connectivity index (χ4n) is 10.6. The van der Waals surface area contributed by atoms with E-state index in [1.165, 1.54) is 13.3 Å². The van der Waals surface area contributed by atoms with Crippen molar-refractivity contribution in [1.82, 2.24) is 0 Å². The number of esters is 1. The highest BCUT2D eigenvalue weighted by Gasteiger charge is 2.72. The number of nitriles is 1. The topological polar surface area (TPSA) is 108 Å². The monoisotopic (exact) mass is 520 g/mol. The van der Waals surface area contributed by atoms with Gasteiger partial charge < -0.3 is 10.1 Å². The Kier molecular flexibility index (Phi) is 5.83. The molecule has 0 aromatic heterocycles. The Balaban J connectivity index is 1.68. The molecule has 5 rings (SSSR count). The second-order valence-corrected chi connectivity index (χ2v) is 15.0. The predicted octanol–water partition coefficient (Wildman–Crippen LogP) is 6.09. The number of nitrogens with one attached hydrogen (secondary N) is 1. The number of carbonyl (C=O) groups excluding carboxylic acids is 3. The molecule has 2 unspecified atom stereocenters. The molecule has 4 saturated carbocycles. The lowest BCUT2D eigenvalue weighted by Gasteiger charge is -2.69. The van der Waals surface area contributed by atoms with E-state index >= 15 is 0 Å². The van der Waals surface area contributed by atoms with Crippen LogP contribution in [0.4, 0.5) is 0 Å². The van der Waals surface area contributed by atoms with E-state index in [2.05, 4.69) is 40.7 Å². The van der Waals surface area contributed by atoms with Crippen LogP contribution >= 0.6 is 0 Å². The molecule has 0 amide bonds. The number of hydrogen-bond donors (Lipinski definition) is 1. The van der Waals surface area contributed by atoms with Gasteiger partial charge in [0.25, 0.3) is 0 Å². The first kappa shape index (κ1) is 27.3. The van der Waals surface area contributed by atoms with Crippen molar-refractivity contribution < 1.29 is 19.1 Å². The highest BCUT2D eigenvalue weighted by atomic mass is 16.5. The Bertz CT molecular complexity index is 1200. The third kappa shape index (κ3) is 3.11. The lowest BCUT2D eigenvalue weighted by molar-refractivity contribution is -0.192. The van der Waals surface area contributed by atoms with E-state index in [1.54, 1.807) is 0 Å². The van der Waals surface area contributed by atoms with Gasteiger partial charge in [-0.1, -0.05) is 40.2 Å². The second kappa shape index (κ2) is 8.12. The molecule has 9 atom stereocenters. The highest BCUT2D eigenvalue weighted by Crippen LogP contribution is 2.75. The minimum absolute atomic E-state index is 0.0464. The Hall–Kier alpha value is -2.29. The highest BCUT2D eigenvalue weighted by molar-refractivity contribution is 6.03. The van der Waals surface area contributed by atoms with Crippen LogP contribution in [0.1, 0.15) is 92.9 Å². The zero-order valence-corrected chi connectivity index (χ0v) is 24.2. The molecule has 6 nitrogen and oxygen atoms in total. The number of hydrogen-bond acceptors (Lipinski definition) is 6. The SMILES string of the molecule is COC(=O)[C@]12CCC(C)(C)C[C@H]1[C@H]1C(=O)C=C3[C@@]4(C)CC(C#N)C(=O)[C@@](C)(C=N)C4CC[C@@]3(C)[C@]1(C)CC2. The van der Waals surface area contributed by atoms with Gasteiger partial charge in [-0.3, -0.25) is 14.4 Å². The lowest BCUT2D eigenvalue weighted by Crippen LogP contribution is -2.67. The Labute approximate surface area is 227 Å². The molecule has 0 aromatic carbocycles. The first-order chi connectivity index (χ1) is 17.6. The Morgan fingerprint density at radius 3 is 2.32 bits per heavy atom. The molecule has 0 heterocycles. The largest absolute Gasteiger partial charge is 0.469 e. The predicted molar refractivity (Wildman–Crippen MR) is 144 cm³/mol. The molecule has 206 valence electrons. The van der Waals surface area contributed by atoms with Crippen LogP contribution in [0.15, 0.2) is 11.6 Å². The van der Waals surface area contributed by atoms with Crippen LogP contribution in [0.5, 0.6) is 0 Å². The third-order valence-electron chi connectivity index (χ3n) is 12.9. The van der Waals surface area contributed by atoms with Gasteiger partial charge in [0.2, 0.25) is 0 Å². The van der Waals surface area contributed by atoms with Gasteiger partial charge >= 0.3 is 5.97 Å². The molecular weight excluding hydrogens is 476 g/mol. The molecule has 1 N–H and O–H groups in total. The molecule has 38 heavy (non-hydrogen) atoms. The summed E-state index contributed by atoms with van der Waals surface area (Å²) in [6.45, 7) is 13.0. The first-order valence-corrected chi connectivity index (χ1v) is 14.4. The Morgan fingerprint density at radius 1 is 1.05 bits per heavy atom. The summed E-state index contributed by atoms with van der Waals surface area (Å²) in [5, 5.41) is 18.2. The van der Waals surface area contributed by atoms with Gasteiger partial charge in [-0.15, -0.1) is 0 Å². The molecule has 4 fully saturated rings. The van der Waals surface area contributed by atoms with Crippen LogP contribution < -0.4 is 0 Å². The average molecular weight is 521 g/mol. The minimum atomic E-state index is -1.02. The van der Waals surface area contributed by atoms with Crippen LogP contribution in [0.25, 0.3) is 0 Å². The maximum Gasteiger partial charge on any atom is 0.312 e. The Morgan fingerprint density at radius 2 is 1.71 bits per heavy atom. The van der Waals surface area contributed by atoms with E-state index in [0.717, 1.165) is 50.5 Å². The van der Waals surface area contributed by atoms with Crippen molar-refractivity contribution in [1.29, 1.82) is 10.7 Å². The van der Waals surface area contributed by atoms with E-state index in [9.17, 15) is 19.6 Å². The van der Waals surface area contributed by atoms with Crippen molar-refractivity contribution >= 4 is 23.8 Å². The number of fused-ring (bicyclic) bond motifs is 7. The summed E-state index contributed by atoms with van der Waals surface area (Å²) < 4.78 is 5.40. The van der Waals surface area contributed by atoms with Crippen LogP contribution in [-0.2, 0) is 19.1 Å². The number of carbonyl (C=O) groups is 3. The van der Waals surface area contributed by atoms with E-state index in [1.807, 2.05) is 13.0 Å². The van der Waals surface area contributed by atoms with Crippen LogP contribution in [0, 0.1) is 72.9 Å². The van der Waals surface area contributed by atoms with Crippen molar-refractivity contribution in [2.24, 2.45) is 56.2 Å². The minimum Gasteiger partial charge on any atom is -0.469 e. The summed E-state index contributed by atoms with van der Waals surface area (Å²) >= 11 is 0. The molecule has 0 bridgehead atoms. The van der Waals surface area contributed by atoms with Crippen LogP contribution in [0.2, 0.25) is 0 Å². The van der Waals surface area contributed by atoms with Gasteiger partial charge in [0.05, 0.1) is 24.0 Å². The molecule has 0 spiro atoms.